The lowest BCUT2D eigenvalue weighted by Crippen LogP contribution is -2.14. The highest BCUT2D eigenvalue weighted by molar-refractivity contribution is 8.00. The van der Waals surface area contributed by atoms with Crippen molar-refractivity contribution < 1.29 is 18.3 Å². The fourth-order valence-electron chi connectivity index (χ4n) is 1.05. The highest BCUT2D eigenvalue weighted by Gasteiger charge is 2.29. The van der Waals surface area contributed by atoms with Crippen molar-refractivity contribution in [3.63, 3.8) is 0 Å². The molecular weight excluding hydrogens is 227 g/mol. The van der Waals surface area contributed by atoms with Crippen LogP contribution in [0, 0.1) is 0 Å². The second-order valence-corrected chi connectivity index (χ2v) is 4.05. The molecular formula is C9H10F3NOS. The Bertz CT molecular complexity index is 329. The van der Waals surface area contributed by atoms with E-state index < -0.39 is 11.6 Å². The van der Waals surface area contributed by atoms with Crippen LogP contribution in [0.25, 0.3) is 0 Å². The van der Waals surface area contributed by atoms with Gasteiger partial charge in [-0.15, -0.1) is 0 Å². The van der Waals surface area contributed by atoms with Crippen LogP contribution in [0.3, 0.4) is 0 Å². The fraction of sp³-hybridized carbons (Fsp3) is 0.333. The summed E-state index contributed by atoms with van der Waals surface area (Å²) in [5.41, 5.74) is 1.68. The van der Waals surface area contributed by atoms with Gasteiger partial charge in [0.25, 0.3) is 0 Å². The molecule has 6 heteroatoms. The largest absolute Gasteiger partial charge is 0.446 e. The molecule has 0 spiro atoms. The number of halogens is 3. The van der Waals surface area contributed by atoms with Gasteiger partial charge in [0.1, 0.15) is 0 Å². The highest BCUT2D eigenvalue weighted by Crippen LogP contribution is 2.37. The van der Waals surface area contributed by atoms with Gasteiger partial charge in [-0.3, -0.25) is 0 Å². The molecule has 0 saturated carbocycles. The van der Waals surface area contributed by atoms with E-state index in [2.05, 4.69) is 0 Å². The van der Waals surface area contributed by atoms with Crippen LogP contribution < -0.4 is 5.73 Å². The van der Waals surface area contributed by atoms with Crippen molar-refractivity contribution in [1.82, 2.24) is 0 Å². The Hall–Kier alpha value is -0.720. The Morgan fingerprint density at radius 3 is 2.60 bits per heavy atom. The Balaban J connectivity index is 2.83. The summed E-state index contributed by atoms with van der Waals surface area (Å²) in [6.45, 7) is -0.292. The first-order valence-corrected chi connectivity index (χ1v) is 4.96. The maximum Gasteiger partial charge on any atom is 0.446 e. The van der Waals surface area contributed by atoms with Gasteiger partial charge in [-0.1, -0.05) is 12.1 Å². The Labute approximate surface area is 89.3 Å². The van der Waals surface area contributed by atoms with Crippen molar-refractivity contribution in [1.29, 1.82) is 0 Å². The average molecular weight is 237 g/mol. The lowest BCUT2D eigenvalue weighted by molar-refractivity contribution is -0.0328. The van der Waals surface area contributed by atoms with Gasteiger partial charge in [-0.2, -0.15) is 13.2 Å². The molecule has 0 heterocycles. The summed E-state index contributed by atoms with van der Waals surface area (Å²) in [7, 11) is 0. The third kappa shape index (κ3) is 4.11. The third-order valence-corrected chi connectivity index (χ3v) is 2.44. The number of hydrogen-bond donors (Lipinski definition) is 2. The summed E-state index contributed by atoms with van der Waals surface area (Å²) in [6.07, 6.45) is 0. The number of rotatable bonds is 3. The summed E-state index contributed by atoms with van der Waals surface area (Å²) in [6, 6.07) is 5.11. The summed E-state index contributed by atoms with van der Waals surface area (Å²) in [5, 5.41) is 8.76. The van der Waals surface area contributed by atoms with Crippen molar-refractivity contribution in [3.05, 3.63) is 29.8 Å². The fourth-order valence-corrected chi connectivity index (χ4v) is 1.66. The van der Waals surface area contributed by atoms with Gasteiger partial charge in [0.2, 0.25) is 0 Å². The summed E-state index contributed by atoms with van der Waals surface area (Å²) < 4.78 is 36.1. The zero-order valence-corrected chi connectivity index (χ0v) is 8.48. The number of benzene rings is 1. The number of aliphatic hydroxyl groups is 1. The Morgan fingerprint density at radius 1 is 1.40 bits per heavy atom. The second kappa shape index (κ2) is 4.87. The van der Waals surface area contributed by atoms with Crippen molar-refractivity contribution in [2.24, 2.45) is 5.73 Å². The van der Waals surface area contributed by atoms with Gasteiger partial charge in [0.05, 0.1) is 12.6 Å². The molecule has 1 aromatic rings. The van der Waals surface area contributed by atoms with Crippen LogP contribution in [0.2, 0.25) is 0 Å². The Kier molecular flexibility index (Phi) is 4.01. The third-order valence-electron chi connectivity index (χ3n) is 1.72. The molecule has 0 radical (unpaired) electrons. The number of hydrogen-bond acceptors (Lipinski definition) is 3. The zero-order valence-electron chi connectivity index (χ0n) is 7.66. The minimum atomic E-state index is -4.30. The van der Waals surface area contributed by atoms with Crippen LogP contribution in [0.1, 0.15) is 11.6 Å². The molecule has 0 amide bonds. The van der Waals surface area contributed by atoms with E-state index in [4.69, 9.17) is 10.8 Å². The normalized spacial score (nSPS) is 13.9. The SMILES string of the molecule is N[C@@H](CO)c1cccc(SC(F)(F)F)c1. The molecule has 0 fully saturated rings. The number of alkyl halides is 3. The smallest absolute Gasteiger partial charge is 0.394 e. The van der Waals surface area contributed by atoms with Crippen LogP contribution in [-0.4, -0.2) is 17.2 Å². The average Bonchev–Trinajstić information content (AvgIpc) is 2.14. The number of thioether (sulfide) groups is 1. The van der Waals surface area contributed by atoms with Gasteiger partial charge >= 0.3 is 5.51 Å². The second-order valence-electron chi connectivity index (χ2n) is 2.91. The van der Waals surface area contributed by atoms with Gasteiger partial charge in [-0.05, 0) is 29.5 Å². The van der Waals surface area contributed by atoms with Crippen molar-refractivity contribution in [2.45, 2.75) is 16.4 Å². The standard InChI is InChI=1S/C9H10F3NOS/c10-9(11,12)15-7-3-1-2-6(4-7)8(13)5-14/h1-4,8,14H,5,13H2/t8-/m0/s1. The van der Waals surface area contributed by atoms with E-state index in [0.717, 1.165) is 0 Å². The van der Waals surface area contributed by atoms with Crippen LogP contribution in [0.15, 0.2) is 29.2 Å². The molecule has 0 saturated heterocycles. The van der Waals surface area contributed by atoms with E-state index in [1.807, 2.05) is 0 Å². The highest BCUT2D eigenvalue weighted by atomic mass is 32.2. The summed E-state index contributed by atoms with van der Waals surface area (Å²) >= 11 is -0.194. The molecule has 0 aliphatic carbocycles. The Morgan fingerprint density at radius 2 is 2.07 bits per heavy atom. The maximum atomic E-state index is 12.0. The number of aliphatic hydroxyl groups excluding tert-OH is 1. The van der Waals surface area contributed by atoms with Gasteiger partial charge in [0, 0.05) is 4.90 Å². The van der Waals surface area contributed by atoms with Crippen molar-refractivity contribution in [2.75, 3.05) is 6.61 Å². The van der Waals surface area contributed by atoms with Gasteiger partial charge in [0.15, 0.2) is 0 Å². The molecule has 84 valence electrons. The minimum absolute atomic E-state index is 0.0731. The topological polar surface area (TPSA) is 46.2 Å². The van der Waals surface area contributed by atoms with Gasteiger partial charge < -0.3 is 10.8 Å². The molecule has 0 aromatic heterocycles. The lowest BCUT2D eigenvalue weighted by atomic mass is 10.1. The number of nitrogens with two attached hydrogens (primary N) is 1. The lowest BCUT2D eigenvalue weighted by Gasteiger charge is -2.11. The van der Waals surface area contributed by atoms with Crippen molar-refractivity contribution >= 4 is 11.8 Å². The van der Waals surface area contributed by atoms with Gasteiger partial charge in [-0.25, -0.2) is 0 Å². The quantitative estimate of drug-likeness (QED) is 0.793. The minimum Gasteiger partial charge on any atom is -0.394 e. The van der Waals surface area contributed by atoms with Crippen LogP contribution in [-0.2, 0) is 0 Å². The molecule has 1 atom stereocenters. The van der Waals surface area contributed by atoms with Crippen LogP contribution >= 0.6 is 11.8 Å². The van der Waals surface area contributed by atoms with E-state index in [1.165, 1.54) is 18.2 Å². The molecule has 1 rings (SSSR count). The van der Waals surface area contributed by atoms with Crippen molar-refractivity contribution in [3.8, 4) is 0 Å². The first-order chi connectivity index (χ1) is 6.92. The predicted octanol–water partition coefficient (Wildman–Crippen LogP) is 2.29. The molecule has 0 aliphatic rings. The zero-order chi connectivity index (χ0) is 11.5. The molecule has 0 unspecified atom stereocenters. The van der Waals surface area contributed by atoms with E-state index in [1.54, 1.807) is 6.07 Å². The van der Waals surface area contributed by atoms with Crippen LogP contribution in [0.4, 0.5) is 13.2 Å². The summed E-state index contributed by atoms with van der Waals surface area (Å²) in [5.74, 6) is 0. The molecule has 2 nitrogen and oxygen atoms in total. The monoisotopic (exact) mass is 237 g/mol. The molecule has 3 N–H and O–H groups in total. The van der Waals surface area contributed by atoms with E-state index in [-0.39, 0.29) is 23.3 Å². The molecule has 0 bridgehead atoms. The summed E-state index contributed by atoms with van der Waals surface area (Å²) in [4.78, 5) is 0.0731. The molecule has 1 aromatic carbocycles. The first kappa shape index (κ1) is 12.4. The molecule has 0 aliphatic heterocycles. The predicted molar refractivity (Wildman–Crippen MR) is 52.4 cm³/mol. The first-order valence-electron chi connectivity index (χ1n) is 4.14. The van der Waals surface area contributed by atoms with Crippen LogP contribution in [0.5, 0.6) is 0 Å². The van der Waals surface area contributed by atoms with E-state index >= 15 is 0 Å². The van der Waals surface area contributed by atoms with E-state index in [9.17, 15) is 13.2 Å². The maximum absolute atomic E-state index is 12.0. The molecule has 15 heavy (non-hydrogen) atoms. The van der Waals surface area contributed by atoms with E-state index in [0.29, 0.717) is 5.56 Å².